The van der Waals surface area contributed by atoms with E-state index in [1.807, 2.05) is 6.07 Å². The smallest absolute Gasteiger partial charge is 0.149 e. The fourth-order valence-electron chi connectivity index (χ4n) is 2.14. The van der Waals surface area contributed by atoms with Crippen LogP contribution in [0.3, 0.4) is 0 Å². The molecule has 0 saturated heterocycles. The van der Waals surface area contributed by atoms with E-state index in [-0.39, 0.29) is 12.0 Å². The molecule has 14 heavy (non-hydrogen) atoms. The van der Waals surface area contributed by atoms with Crippen molar-refractivity contribution in [3.63, 3.8) is 0 Å². The third-order valence-electron chi connectivity index (χ3n) is 2.91. The summed E-state index contributed by atoms with van der Waals surface area (Å²) >= 11 is 0. The zero-order valence-electron chi connectivity index (χ0n) is 8.06. The molecule has 4 nitrogen and oxygen atoms in total. The lowest BCUT2D eigenvalue weighted by molar-refractivity contribution is 0.106. The highest BCUT2D eigenvalue weighted by Crippen LogP contribution is 2.34. The van der Waals surface area contributed by atoms with Gasteiger partial charge in [-0.3, -0.25) is 0 Å². The lowest BCUT2D eigenvalue weighted by Crippen LogP contribution is -2.23. The molecule has 0 aliphatic heterocycles. The van der Waals surface area contributed by atoms with Crippen LogP contribution in [0.4, 0.5) is 5.82 Å². The van der Waals surface area contributed by atoms with Crippen LogP contribution in [0.5, 0.6) is 0 Å². The van der Waals surface area contributed by atoms with Gasteiger partial charge in [0.15, 0.2) is 0 Å². The Balaban J connectivity index is 2.25. The first-order valence-electron chi connectivity index (χ1n) is 5.04. The van der Waals surface area contributed by atoms with Gasteiger partial charge in [0.25, 0.3) is 0 Å². The topological polar surface area (TPSA) is 72.0 Å². The van der Waals surface area contributed by atoms with Crippen molar-refractivity contribution in [2.45, 2.75) is 37.7 Å². The third kappa shape index (κ3) is 1.70. The molecule has 76 valence electrons. The van der Waals surface area contributed by atoms with Gasteiger partial charge in [-0.25, -0.2) is 0 Å². The van der Waals surface area contributed by atoms with E-state index in [1.54, 1.807) is 6.20 Å². The van der Waals surface area contributed by atoms with Crippen LogP contribution in [0.1, 0.15) is 37.2 Å². The molecule has 1 saturated carbocycles. The molecule has 3 N–H and O–H groups in total. The minimum Gasteiger partial charge on any atom is -0.392 e. The Labute approximate surface area is 83.2 Å². The maximum Gasteiger partial charge on any atom is 0.149 e. The van der Waals surface area contributed by atoms with E-state index in [0.29, 0.717) is 5.82 Å². The lowest BCUT2D eigenvalue weighted by atomic mass is 9.82. The number of nitrogen functional groups attached to an aromatic ring is 1. The molecule has 1 aliphatic rings. The number of hydrogen-bond donors (Lipinski definition) is 2. The number of hydrogen-bond acceptors (Lipinski definition) is 4. The number of nitrogens with two attached hydrogens (primary N) is 1. The van der Waals surface area contributed by atoms with Gasteiger partial charge in [0.2, 0.25) is 0 Å². The molecular weight excluding hydrogens is 178 g/mol. The number of aliphatic hydroxyl groups excluding tert-OH is 1. The second-order valence-electron chi connectivity index (χ2n) is 3.83. The van der Waals surface area contributed by atoms with Crippen LogP contribution < -0.4 is 5.73 Å². The van der Waals surface area contributed by atoms with E-state index < -0.39 is 0 Å². The highest BCUT2D eigenvalue weighted by Gasteiger charge is 2.26. The van der Waals surface area contributed by atoms with Gasteiger partial charge >= 0.3 is 0 Å². The second-order valence-corrected chi connectivity index (χ2v) is 3.83. The quantitative estimate of drug-likeness (QED) is 0.700. The van der Waals surface area contributed by atoms with E-state index in [9.17, 15) is 5.11 Å². The maximum absolute atomic E-state index is 9.84. The molecule has 1 unspecified atom stereocenters. The zero-order chi connectivity index (χ0) is 9.97. The van der Waals surface area contributed by atoms with E-state index in [1.165, 1.54) is 0 Å². The second kappa shape index (κ2) is 3.92. The molecular formula is C10H15N3O. The normalized spacial score (nSPS) is 27.5. The molecule has 0 radical (unpaired) electrons. The summed E-state index contributed by atoms with van der Waals surface area (Å²) in [4.78, 5) is 0. The molecule has 1 fully saturated rings. The lowest BCUT2D eigenvalue weighted by Gasteiger charge is -2.28. The van der Waals surface area contributed by atoms with Gasteiger partial charge in [-0.15, -0.1) is 5.10 Å². The predicted octanol–water partition coefficient (Wildman–Crippen LogP) is 1.08. The third-order valence-corrected chi connectivity index (χ3v) is 2.91. The Morgan fingerprint density at radius 3 is 2.86 bits per heavy atom. The monoisotopic (exact) mass is 193 g/mol. The van der Waals surface area contributed by atoms with Crippen molar-refractivity contribution in [1.82, 2.24) is 10.2 Å². The van der Waals surface area contributed by atoms with Crippen LogP contribution in [0, 0.1) is 0 Å². The molecule has 0 spiro atoms. The summed E-state index contributed by atoms with van der Waals surface area (Å²) < 4.78 is 0. The summed E-state index contributed by atoms with van der Waals surface area (Å²) in [5.41, 5.74) is 6.68. The van der Waals surface area contributed by atoms with Crippen LogP contribution in [-0.2, 0) is 0 Å². The van der Waals surface area contributed by atoms with Crippen molar-refractivity contribution < 1.29 is 5.11 Å². The van der Waals surface area contributed by atoms with Gasteiger partial charge in [-0.1, -0.05) is 12.8 Å². The van der Waals surface area contributed by atoms with Crippen LogP contribution in [-0.4, -0.2) is 21.4 Å². The molecule has 0 aromatic carbocycles. The fourth-order valence-corrected chi connectivity index (χ4v) is 2.14. The van der Waals surface area contributed by atoms with Crippen LogP contribution in [0.25, 0.3) is 0 Å². The molecule has 4 heteroatoms. The first-order chi connectivity index (χ1) is 6.79. The van der Waals surface area contributed by atoms with Crippen molar-refractivity contribution in [2.24, 2.45) is 0 Å². The summed E-state index contributed by atoms with van der Waals surface area (Å²) in [7, 11) is 0. The van der Waals surface area contributed by atoms with Crippen LogP contribution in [0.15, 0.2) is 12.3 Å². The molecule has 0 amide bonds. The standard InChI is InChI=1S/C10H15N3O/c11-10-8(5-6-12-13-10)7-3-1-2-4-9(7)14/h5-7,9,14H,1-4H2,(H2,11,13)/t7-,9?/m1/s1. The largest absolute Gasteiger partial charge is 0.392 e. The molecule has 1 aromatic heterocycles. The average molecular weight is 193 g/mol. The Hall–Kier alpha value is -1.16. The number of anilines is 1. The molecule has 2 atom stereocenters. The maximum atomic E-state index is 9.84. The van der Waals surface area contributed by atoms with Gasteiger partial charge in [-0.2, -0.15) is 5.10 Å². The zero-order valence-corrected chi connectivity index (χ0v) is 8.06. The first-order valence-corrected chi connectivity index (χ1v) is 5.04. The number of aromatic nitrogens is 2. The van der Waals surface area contributed by atoms with Crippen molar-refractivity contribution in [3.05, 3.63) is 17.8 Å². The van der Waals surface area contributed by atoms with Crippen molar-refractivity contribution in [1.29, 1.82) is 0 Å². The minimum absolute atomic E-state index is 0.152. The molecule has 2 rings (SSSR count). The van der Waals surface area contributed by atoms with Crippen LogP contribution in [0.2, 0.25) is 0 Å². The number of aliphatic hydroxyl groups is 1. The summed E-state index contributed by atoms with van der Waals surface area (Å²) in [5.74, 6) is 0.609. The highest BCUT2D eigenvalue weighted by molar-refractivity contribution is 5.40. The Kier molecular flexibility index (Phi) is 2.63. The minimum atomic E-state index is -0.268. The summed E-state index contributed by atoms with van der Waals surface area (Å²) in [6, 6.07) is 1.86. The number of rotatable bonds is 1. The van der Waals surface area contributed by atoms with Crippen LogP contribution >= 0.6 is 0 Å². The fraction of sp³-hybridized carbons (Fsp3) is 0.600. The Morgan fingerprint density at radius 2 is 2.14 bits per heavy atom. The number of nitrogens with zero attached hydrogens (tertiary/aromatic N) is 2. The van der Waals surface area contributed by atoms with Crippen molar-refractivity contribution in [3.8, 4) is 0 Å². The summed E-state index contributed by atoms with van der Waals surface area (Å²) in [6.45, 7) is 0. The SMILES string of the molecule is Nc1nnccc1[C@H]1CCCCC1O. The summed E-state index contributed by atoms with van der Waals surface area (Å²) in [6.07, 6.45) is 5.49. The van der Waals surface area contributed by atoms with Crippen molar-refractivity contribution >= 4 is 5.82 Å². The van der Waals surface area contributed by atoms with Gasteiger partial charge in [0.1, 0.15) is 5.82 Å². The van der Waals surface area contributed by atoms with Crippen molar-refractivity contribution in [2.75, 3.05) is 5.73 Å². The molecule has 1 aromatic rings. The Bertz CT molecular complexity index is 316. The predicted molar refractivity (Wildman–Crippen MR) is 53.7 cm³/mol. The van der Waals surface area contributed by atoms with E-state index in [2.05, 4.69) is 10.2 Å². The van der Waals surface area contributed by atoms with E-state index in [0.717, 1.165) is 31.2 Å². The highest BCUT2D eigenvalue weighted by atomic mass is 16.3. The van der Waals surface area contributed by atoms with Gasteiger partial charge in [0, 0.05) is 11.5 Å². The average Bonchev–Trinajstić information content (AvgIpc) is 2.20. The van der Waals surface area contributed by atoms with Gasteiger partial charge < -0.3 is 10.8 Å². The van der Waals surface area contributed by atoms with E-state index >= 15 is 0 Å². The summed E-state index contributed by atoms with van der Waals surface area (Å²) in [5, 5.41) is 17.4. The van der Waals surface area contributed by atoms with E-state index in [4.69, 9.17) is 5.73 Å². The molecule has 1 aliphatic carbocycles. The molecule has 0 bridgehead atoms. The van der Waals surface area contributed by atoms with Gasteiger partial charge in [-0.05, 0) is 18.9 Å². The molecule has 1 heterocycles. The first kappa shape index (κ1) is 9.40. The van der Waals surface area contributed by atoms with Gasteiger partial charge in [0.05, 0.1) is 12.3 Å². The Morgan fingerprint density at radius 1 is 1.36 bits per heavy atom.